The van der Waals surface area contributed by atoms with Crippen molar-refractivity contribution in [2.75, 3.05) is 10.6 Å². The predicted octanol–water partition coefficient (Wildman–Crippen LogP) is 4.54. The van der Waals surface area contributed by atoms with E-state index < -0.39 is 16.8 Å². The van der Waals surface area contributed by atoms with E-state index in [0.717, 1.165) is 17.1 Å². The third-order valence-corrected chi connectivity index (χ3v) is 6.46. The highest BCUT2D eigenvalue weighted by atomic mass is 32.1. The molecule has 0 amide bonds. The van der Waals surface area contributed by atoms with Crippen LogP contribution in [0.3, 0.4) is 0 Å². The van der Waals surface area contributed by atoms with E-state index in [1.54, 1.807) is 19.9 Å². The zero-order chi connectivity index (χ0) is 23.9. The lowest BCUT2D eigenvalue weighted by Gasteiger charge is -2.20. The standard InChI is InChI=1S/C23H23N3O6S/c1-5-13(16-7-6-10(2)31-16)24-17-18(22(30)21(17)29)25-15-9-33-23(20(15)28)19(27)12(4)14-8-11(3)32-26-14/h6-9,12-13,24-25,28H,5H2,1-4H3/t12?,13-/m1/s1. The second kappa shape index (κ2) is 8.70. The van der Waals surface area contributed by atoms with Gasteiger partial charge in [0.1, 0.15) is 33.5 Å². The summed E-state index contributed by atoms with van der Waals surface area (Å²) in [5.74, 6) is 0.732. The minimum atomic E-state index is -0.701. The van der Waals surface area contributed by atoms with Crippen LogP contribution in [-0.2, 0) is 0 Å². The number of aromatic hydroxyl groups is 1. The van der Waals surface area contributed by atoms with E-state index in [2.05, 4.69) is 15.8 Å². The molecule has 33 heavy (non-hydrogen) atoms. The average Bonchev–Trinajstić information content (AvgIpc) is 3.52. The van der Waals surface area contributed by atoms with E-state index >= 15 is 0 Å². The molecule has 0 fully saturated rings. The van der Waals surface area contributed by atoms with Crippen LogP contribution in [0.25, 0.3) is 0 Å². The third kappa shape index (κ3) is 4.09. The highest BCUT2D eigenvalue weighted by molar-refractivity contribution is 7.13. The zero-order valence-electron chi connectivity index (χ0n) is 18.5. The maximum atomic E-state index is 12.9. The molecule has 1 unspecified atom stereocenters. The molecular formula is C23H23N3O6S. The number of carbonyl (C=O) groups is 1. The first kappa shape index (κ1) is 22.5. The van der Waals surface area contributed by atoms with Gasteiger partial charge in [0.05, 0.1) is 23.3 Å². The normalized spacial score (nSPS) is 13.2. The zero-order valence-corrected chi connectivity index (χ0v) is 19.3. The number of nitrogens with zero attached hydrogens (tertiary/aromatic N) is 1. The quantitative estimate of drug-likeness (QED) is 0.238. The topological polar surface area (TPSA) is 135 Å². The number of furan rings is 1. The van der Waals surface area contributed by atoms with Gasteiger partial charge in [0.2, 0.25) is 0 Å². The molecule has 4 rings (SSSR count). The maximum absolute atomic E-state index is 12.9. The summed E-state index contributed by atoms with van der Waals surface area (Å²) < 4.78 is 10.7. The average molecular weight is 470 g/mol. The van der Waals surface area contributed by atoms with Gasteiger partial charge in [0.25, 0.3) is 10.9 Å². The lowest BCUT2D eigenvalue weighted by molar-refractivity contribution is 0.0964. The van der Waals surface area contributed by atoms with Crippen molar-refractivity contribution in [1.29, 1.82) is 0 Å². The van der Waals surface area contributed by atoms with Crippen molar-refractivity contribution in [2.24, 2.45) is 0 Å². The van der Waals surface area contributed by atoms with E-state index in [-0.39, 0.29) is 39.5 Å². The number of aromatic nitrogens is 1. The molecule has 4 aromatic rings. The summed E-state index contributed by atoms with van der Waals surface area (Å²) in [5.41, 5.74) is -0.565. The Morgan fingerprint density at radius 1 is 1.18 bits per heavy atom. The van der Waals surface area contributed by atoms with Gasteiger partial charge in [0.15, 0.2) is 11.5 Å². The fourth-order valence-electron chi connectivity index (χ4n) is 3.51. The van der Waals surface area contributed by atoms with E-state index in [4.69, 9.17) is 8.94 Å². The Balaban J connectivity index is 1.55. The van der Waals surface area contributed by atoms with E-state index in [0.29, 0.717) is 23.6 Å². The summed E-state index contributed by atoms with van der Waals surface area (Å²) >= 11 is 1.04. The monoisotopic (exact) mass is 469 g/mol. The van der Waals surface area contributed by atoms with Crippen molar-refractivity contribution < 1.29 is 18.8 Å². The lowest BCUT2D eigenvalue weighted by atomic mass is 10.0. The van der Waals surface area contributed by atoms with Gasteiger partial charge < -0.3 is 24.7 Å². The molecule has 0 spiro atoms. The fraction of sp³-hybridized carbons (Fsp3) is 0.304. The molecule has 0 aliphatic heterocycles. The number of ketones is 1. The Labute approximate surface area is 192 Å². The van der Waals surface area contributed by atoms with Crippen LogP contribution in [0.2, 0.25) is 0 Å². The Morgan fingerprint density at radius 3 is 2.52 bits per heavy atom. The summed E-state index contributed by atoms with van der Waals surface area (Å²) in [4.78, 5) is 37.5. The molecular weight excluding hydrogens is 446 g/mol. The molecule has 0 aliphatic carbocycles. The van der Waals surface area contributed by atoms with Crippen LogP contribution in [0.15, 0.2) is 42.1 Å². The van der Waals surface area contributed by atoms with Crippen molar-refractivity contribution in [2.45, 2.75) is 46.1 Å². The summed E-state index contributed by atoms with van der Waals surface area (Å²) in [6.07, 6.45) is 0.618. The smallest absolute Gasteiger partial charge is 0.253 e. The maximum Gasteiger partial charge on any atom is 0.253 e. The van der Waals surface area contributed by atoms with Crippen molar-refractivity contribution in [3.05, 3.63) is 71.9 Å². The number of hydrogen-bond donors (Lipinski definition) is 3. The molecule has 10 heteroatoms. The molecule has 0 radical (unpaired) electrons. The van der Waals surface area contributed by atoms with E-state index in [1.807, 2.05) is 26.0 Å². The number of rotatable bonds is 9. The van der Waals surface area contributed by atoms with Crippen molar-refractivity contribution >= 4 is 34.2 Å². The van der Waals surface area contributed by atoms with Gasteiger partial charge in [-0.15, -0.1) is 11.3 Å². The van der Waals surface area contributed by atoms with Gasteiger partial charge in [-0.1, -0.05) is 12.1 Å². The number of Topliss-reactive ketones (excluding diaryl/α,β-unsaturated/α-hetero) is 1. The second-order valence-electron chi connectivity index (χ2n) is 7.86. The molecule has 3 N–H and O–H groups in total. The van der Waals surface area contributed by atoms with E-state index in [9.17, 15) is 19.5 Å². The summed E-state index contributed by atoms with van der Waals surface area (Å²) in [7, 11) is 0. The Kier molecular flexibility index (Phi) is 5.94. The van der Waals surface area contributed by atoms with E-state index in [1.165, 1.54) is 5.38 Å². The van der Waals surface area contributed by atoms with Crippen molar-refractivity contribution in [3.8, 4) is 5.75 Å². The van der Waals surface area contributed by atoms with Crippen LogP contribution < -0.4 is 21.5 Å². The molecule has 3 heterocycles. The molecule has 2 atom stereocenters. The first-order chi connectivity index (χ1) is 15.7. The van der Waals surface area contributed by atoms with Gasteiger partial charge in [-0.2, -0.15) is 0 Å². The highest BCUT2D eigenvalue weighted by Gasteiger charge is 2.29. The number of hydrogen-bond acceptors (Lipinski definition) is 10. The minimum Gasteiger partial charge on any atom is -0.504 e. The van der Waals surface area contributed by atoms with Gasteiger partial charge in [-0.25, -0.2) is 0 Å². The molecule has 9 nitrogen and oxygen atoms in total. The lowest BCUT2D eigenvalue weighted by Crippen LogP contribution is -2.37. The highest BCUT2D eigenvalue weighted by Crippen LogP contribution is 2.39. The third-order valence-electron chi connectivity index (χ3n) is 5.47. The SMILES string of the molecule is CC[C@@H](Nc1c(Nc2csc(C(=O)C(C)c3cc(C)on3)c2O)c(=O)c1=O)c1ccc(C)o1. The molecule has 0 aliphatic rings. The summed E-state index contributed by atoms with van der Waals surface area (Å²) in [5, 5.41) is 21.9. The number of aryl methyl sites for hydroxylation is 2. The molecule has 0 saturated carbocycles. The van der Waals surface area contributed by atoms with Crippen LogP contribution in [0.5, 0.6) is 5.75 Å². The number of anilines is 3. The van der Waals surface area contributed by atoms with Crippen LogP contribution in [-0.4, -0.2) is 16.0 Å². The summed E-state index contributed by atoms with van der Waals surface area (Å²) in [6, 6.07) is 5.00. The number of thiophene rings is 1. The summed E-state index contributed by atoms with van der Waals surface area (Å²) in [6.45, 7) is 7.15. The molecule has 0 saturated heterocycles. The first-order valence-corrected chi connectivity index (χ1v) is 11.3. The van der Waals surface area contributed by atoms with Gasteiger partial charge >= 0.3 is 0 Å². The van der Waals surface area contributed by atoms with Gasteiger partial charge in [-0.05, 0) is 39.3 Å². The second-order valence-corrected chi connectivity index (χ2v) is 8.74. The van der Waals surface area contributed by atoms with Crippen LogP contribution in [0.4, 0.5) is 17.1 Å². The predicted molar refractivity (Wildman–Crippen MR) is 125 cm³/mol. The largest absolute Gasteiger partial charge is 0.504 e. The first-order valence-electron chi connectivity index (χ1n) is 10.4. The molecule has 0 bridgehead atoms. The van der Waals surface area contributed by atoms with Gasteiger partial charge in [-0.3, -0.25) is 14.4 Å². The number of nitrogens with one attached hydrogen (secondary N) is 2. The number of carbonyl (C=O) groups excluding carboxylic acids is 1. The molecule has 1 aromatic carbocycles. The van der Waals surface area contributed by atoms with Crippen LogP contribution in [0, 0.1) is 13.8 Å². The molecule has 172 valence electrons. The fourth-order valence-corrected chi connectivity index (χ4v) is 4.43. The van der Waals surface area contributed by atoms with Crippen molar-refractivity contribution in [1.82, 2.24) is 5.16 Å². The Hall–Kier alpha value is -3.66. The Bertz CT molecular complexity index is 1390. The van der Waals surface area contributed by atoms with Crippen LogP contribution >= 0.6 is 11.3 Å². The minimum absolute atomic E-state index is 0.0361. The molecule has 3 aromatic heterocycles. The van der Waals surface area contributed by atoms with Crippen LogP contribution in [0.1, 0.15) is 64.9 Å². The van der Waals surface area contributed by atoms with Crippen molar-refractivity contribution in [3.63, 3.8) is 0 Å². The Morgan fingerprint density at radius 2 is 1.91 bits per heavy atom. The van der Waals surface area contributed by atoms with Gasteiger partial charge in [0, 0.05) is 11.4 Å².